The van der Waals surface area contributed by atoms with E-state index in [9.17, 15) is 9.50 Å². The Balaban J connectivity index is 1.42. The number of β-amino-alcohol motifs (C(OH)–C–C–N with tert-alkyl or cyclic N) is 1. The number of rotatable bonds is 8. The predicted octanol–water partition coefficient (Wildman–Crippen LogP) is 5.24. The Morgan fingerprint density at radius 2 is 1.94 bits per heavy atom. The summed E-state index contributed by atoms with van der Waals surface area (Å²) in [5.74, 6) is 0. The molecule has 0 saturated carbocycles. The zero-order valence-corrected chi connectivity index (χ0v) is 20.8. The summed E-state index contributed by atoms with van der Waals surface area (Å²) >= 11 is 0. The van der Waals surface area contributed by atoms with Gasteiger partial charge in [0.2, 0.25) is 0 Å². The highest BCUT2D eigenvalue weighted by Gasteiger charge is 2.36. The predicted molar refractivity (Wildman–Crippen MR) is 141 cm³/mol. The fraction of sp³-hybridized carbons (Fsp3) is 0.448. The van der Waals surface area contributed by atoms with Gasteiger partial charge in [0.05, 0.1) is 24.9 Å². The molecular weight excluding hydrogens is 439 g/mol. The second-order valence-electron chi connectivity index (χ2n) is 10.1. The summed E-state index contributed by atoms with van der Waals surface area (Å²) in [6, 6.07) is 17.6. The third-order valence-corrected chi connectivity index (χ3v) is 7.70. The number of aliphatic hydroxyl groups excluding tert-OH is 1. The lowest BCUT2D eigenvalue weighted by molar-refractivity contribution is 0.168. The highest BCUT2D eigenvalue weighted by molar-refractivity contribution is 5.85. The number of hydrogen-bond acceptors (Lipinski definition) is 4. The maximum atomic E-state index is 12.5. The number of benzene rings is 2. The lowest BCUT2D eigenvalue weighted by Crippen LogP contribution is -2.41. The molecule has 1 saturated heterocycles. The van der Waals surface area contributed by atoms with E-state index in [0.29, 0.717) is 25.6 Å². The molecule has 2 aliphatic heterocycles. The van der Waals surface area contributed by atoms with Crippen LogP contribution in [-0.2, 0) is 6.42 Å². The molecule has 3 heterocycles. The molecule has 0 aliphatic carbocycles. The lowest BCUT2D eigenvalue weighted by Gasteiger charge is -2.43. The van der Waals surface area contributed by atoms with Gasteiger partial charge in [0, 0.05) is 53.7 Å². The van der Waals surface area contributed by atoms with Crippen LogP contribution in [-0.4, -0.2) is 64.4 Å². The van der Waals surface area contributed by atoms with Crippen LogP contribution >= 0.6 is 0 Å². The van der Waals surface area contributed by atoms with Gasteiger partial charge in [0.15, 0.2) is 0 Å². The van der Waals surface area contributed by atoms with E-state index in [-0.39, 0.29) is 18.8 Å². The van der Waals surface area contributed by atoms with Crippen LogP contribution in [0.25, 0.3) is 10.9 Å². The van der Waals surface area contributed by atoms with E-state index < -0.39 is 6.10 Å². The van der Waals surface area contributed by atoms with Crippen molar-refractivity contribution in [1.29, 1.82) is 0 Å². The molecule has 5 nitrogen and oxygen atoms in total. The first kappa shape index (κ1) is 23.9. The molecule has 3 aromatic rings. The van der Waals surface area contributed by atoms with Crippen LogP contribution in [0.2, 0.25) is 0 Å². The molecule has 3 N–H and O–H groups in total. The van der Waals surface area contributed by atoms with Crippen molar-refractivity contribution < 1.29 is 9.50 Å². The van der Waals surface area contributed by atoms with Gasteiger partial charge in [-0.05, 0) is 55.5 Å². The van der Waals surface area contributed by atoms with E-state index in [4.69, 9.17) is 0 Å². The van der Waals surface area contributed by atoms with Crippen molar-refractivity contribution in [2.45, 2.75) is 57.3 Å². The van der Waals surface area contributed by atoms with Crippen LogP contribution in [0.3, 0.4) is 0 Å². The van der Waals surface area contributed by atoms with Crippen molar-refractivity contribution >= 4 is 16.6 Å². The van der Waals surface area contributed by atoms with Crippen LogP contribution in [0.4, 0.5) is 10.1 Å². The Kier molecular flexibility index (Phi) is 6.85. The maximum absolute atomic E-state index is 12.5. The summed E-state index contributed by atoms with van der Waals surface area (Å²) in [4.78, 5) is 8.34. The van der Waals surface area contributed by atoms with Gasteiger partial charge >= 0.3 is 0 Å². The first-order valence-corrected chi connectivity index (χ1v) is 12.9. The number of nitrogens with one attached hydrogen (secondary N) is 2. The third-order valence-electron chi connectivity index (χ3n) is 7.70. The maximum Gasteiger partial charge on any atom is 0.0947 e. The summed E-state index contributed by atoms with van der Waals surface area (Å²) in [5, 5.41) is 15.3. The van der Waals surface area contributed by atoms with Crippen LogP contribution in [0.15, 0.2) is 60.8 Å². The van der Waals surface area contributed by atoms with Gasteiger partial charge in [-0.3, -0.25) is 9.29 Å². The van der Waals surface area contributed by atoms with Gasteiger partial charge < -0.3 is 20.3 Å². The minimum Gasteiger partial charge on any atom is -0.390 e. The molecule has 2 aromatic carbocycles. The van der Waals surface area contributed by atoms with Gasteiger partial charge in [0.1, 0.15) is 0 Å². The second kappa shape index (κ2) is 10.0. The molecule has 186 valence electrons. The zero-order chi connectivity index (χ0) is 24.5. The number of H-pyrrole nitrogens is 1. The van der Waals surface area contributed by atoms with Crippen molar-refractivity contribution in [2.24, 2.45) is 0 Å². The topological polar surface area (TPSA) is 54.5 Å². The lowest BCUT2D eigenvalue weighted by atomic mass is 9.88. The molecule has 6 heteroatoms. The van der Waals surface area contributed by atoms with E-state index in [1.54, 1.807) is 0 Å². The molecule has 0 unspecified atom stereocenters. The molecule has 0 radical (unpaired) electrons. The Morgan fingerprint density at radius 3 is 2.69 bits per heavy atom. The Hall–Kier alpha value is -2.83. The summed E-state index contributed by atoms with van der Waals surface area (Å²) in [6.07, 6.45) is 1.97. The van der Waals surface area contributed by atoms with Crippen LogP contribution in [0, 0.1) is 0 Å². The molecular formula is C29H37FN4O. The smallest absolute Gasteiger partial charge is 0.0947 e. The fourth-order valence-electron chi connectivity index (χ4n) is 5.92. The number of aliphatic hydroxyl groups is 1. The minimum absolute atomic E-state index is 0.0492. The van der Waals surface area contributed by atoms with Crippen molar-refractivity contribution in [2.75, 3.05) is 31.6 Å². The molecule has 0 spiro atoms. The number of halogens is 1. The molecule has 5 rings (SSSR count). The van der Waals surface area contributed by atoms with E-state index in [1.807, 2.05) is 0 Å². The number of hydrogen-bond donors (Lipinski definition) is 3. The Labute approximate surface area is 207 Å². The summed E-state index contributed by atoms with van der Waals surface area (Å²) in [7, 11) is 0. The van der Waals surface area contributed by atoms with Crippen LogP contribution in [0.1, 0.15) is 49.6 Å². The van der Waals surface area contributed by atoms with Crippen molar-refractivity contribution in [3.05, 3.63) is 77.6 Å². The Morgan fingerprint density at radius 1 is 1.17 bits per heavy atom. The van der Waals surface area contributed by atoms with Gasteiger partial charge in [0.25, 0.3) is 0 Å². The van der Waals surface area contributed by atoms with Crippen molar-refractivity contribution in [1.82, 2.24) is 14.8 Å². The van der Waals surface area contributed by atoms with Crippen LogP contribution in [0.5, 0.6) is 0 Å². The summed E-state index contributed by atoms with van der Waals surface area (Å²) in [6.45, 7) is 10.6. The van der Waals surface area contributed by atoms with E-state index in [1.165, 1.54) is 27.7 Å². The summed E-state index contributed by atoms with van der Waals surface area (Å²) in [5.41, 5.74) is 7.21. The standard InChI is InChI=1S/C29H37FN4O/c1-4-19(2)34-20(3)16-24-23-8-5-6-9-25(23)32-28(24)29(34)21-10-12-22(13-11-21)31-26-17-33(15-7-14-30)18-27(26)35/h5-6,8-13,20,26-27,29,31-32,35H,2,4,7,14-18H2,1,3H3/t20-,26+,27+,29-/m1/s1. The van der Waals surface area contributed by atoms with Gasteiger partial charge in [-0.25, -0.2) is 0 Å². The van der Waals surface area contributed by atoms with Crippen molar-refractivity contribution in [3.63, 3.8) is 0 Å². The molecule has 0 amide bonds. The molecule has 1 aromatic heterocycles. The van der Waals surface area contributed by atoms with E-state index in [0.717, 1.165) is 30.8 Å². The Bertz CT molecular complexity index is 1170. The molecule has 35 heavy (non-hydrogen) atoms. The SMILES string of the molecule is C=C(CC)N1[C@H](c2ccc(N[C@H]3CN(CCCF)C[C@@H]3O)cc2)c2[nH]c3ccccc3c2C[C@H]1C. The van der Waals surface area contributed by atoms with Crippen LogP contribution < -0.4 is 5.32 Å². The van der Waals surface area contributed by atoms with E-state index in [2.05, 4.69) is 89.1 Å². The quantitative estimate of drug-likeness (QED) is 0.416. The number of fused-ring (bicyclic) bond motifs is 3. The minimum atomic E-state index is -0.453. The molecule has 2 aliphatic rings. The number of likely N-dealkylation sites (tertiary alicyclic amines) is 1. The monoisotopic (exact) mass is 476 g/mol. The fourth-order valence-corrected chi connectivity index (χ4v) is 5.92. The second-order valence-corrected chi connectivity index (χ2v) is 10.1. The number of para-hydroxylation sites is 1. The number of nitrogens with zero attached hydrogens (tertiary/aromatic N) is 2. The van der Waals surface area contributed by atoms with Crippen molar-refractivity contribution in [3.8, 4) is 0 Å². The normalized spacial score (nSPS) is 24.6. The third kappa shape index (κ3) is 4.57. The van der Waals surface area contributed by atoms with E-state index >= 15 is 0 Å². The van der Waals surface area contributed by atoms with Gasteiger partial charge in [-0.15, -0.1) is 0 Å². The number of alkyl halides is 1. The number of aromatic nitrogens is 1. The zero-order valence-electron chi connectivity index (χ0n) is 20.8. The number of aromatic amines is 1. The summed E-state index contributed by atoms with van der Waals surface area (Å²) < 4.78 is 12.5. The average molecular weight is 477 g/mol. The first-order valence-electron chi connectivity index (χ1n) is 12.9. The first-order chi connectivity index (χ1) is 17.0. The number of allylic oxidation sites excluding steroid dienone is 1. The molecule has 0 bridgehead atoms. The molecule has 1 fully saturated rings. The largest absolute Gasteiger partial charge is 0.390 e. The average Bonchev–Trinajstić information content (AvgIpc) is 3.41. The molecule has 4 atom stereocenters. The number of anilines is 1. The highest BCUT2D eigenvalue weighted by atomic mass is 19.1. The highest BCUT2D eigenvalue weighted by Crippen LogP contribution is 2.43. The van der Waals surface area contributed by atoms with Gasteiger partial charge in [-0.2, -0.15) is 0 Å². The van der Waals surface area contributed by atoms with Gasteiger partial charge in [-0.1, -0.05) is 43.8 Å².